The molecule has 0 spiro atoms. The summed E-state index contributed by atoms with van der Waals surface area (Å²) in [6.07, 6.45) is 6.77. The molecular weight excluding hydrogens is 252 g/mol. The smallest absolute Gasteiger partial charge is 0.120 e. The van der Waals surface area contributed by atoms with Crippen LogP contribution in [0.5, 0.6) is 5.75 Å². The van der Waals surface area contributed by atoms with Crippen molar-refractivity contribution >= 4 is 0 Å². The Morgan fingerprint density at radius 3 is 2.45 bits per heavy atom. The zero-order valence-electron chi connectivity index (χ0n) is 11.9. The molecule has 0 radical (unpaired) electrons. The molecule has 2 aliphatic rings. The average Bonchev–Trinajstić information content (AvgIpc) is 3.31. The maximum absolute atomic E-state index is 10.4. The fourth-order valence-corrected chi connectivity index (χ4v) is 3.08. The van der Waals surface area contributed by atoms with Crippen LogP contribution in [0.15, 0.2) is 24.3 Å². The minimum absolute atomic E-state index is 0.228. The van der Waals surface area contributed by atoms with Crippen molar-refractivity contribution in [3.8, 4) is 5.75 Å². The lowest BCUT2D eigenvalue weighted by molar-refractivity contribution is -0.0286. The topological polar surface area (TPSA) is 49.7 Å². The van der Waals surface area contributed by atoms with E-state index in [9.17, 15) is 10.2 Å². The van der Waals surface area contributed by atoms with E-state index in [-0.39, 0.29) is 5.92 Å². The summed E-state index contributed by atoms with van der Waals surface area (Å²) in [5, 5.41) is 20.8. The molecule has 3 heteroatoms. The lowest BCUT2D eigenvalue weighted by Crippen LogP contribution is -2.29. The van der Waals surface area contributed by atoms with Crippen LogP contribution in [-0.4, -0.2) is 22.4 Å². The molecule has 0 amide bonds. The van der Waals surface area contributed by atoms with Gasteiger partial charge in [0.15, 0.2) is 0 Å². The third kappa shape index (κ3) is 3.33. The van der Waals surface area contributed by atoms with Gasteiger partial charge in [-0.3, -0.25) is 0 Å². The monoisotopic (exact) mass is 276 g/mol. The summed E-state index contributed by atoms with van der Waals surface area (Å²) in [6, 6.07) is 7.55. The number of benzene rings is 1. The maximum Gasteiger partial charge on any atom is 0.120 e. The van der Waals surface area contributed by atoms with E-state index in [0.717, 1.165) is 37.0 Å². The molecule has 2 fully saturated rings. The van der Waals surface area contributed by atoms with Crippen LogP contribution in [0.1, 0.15) is 56.6 Å². The fraction of sp³-hybridized carbons (Fsp3) is 0.647. The molecule has 2 aliphatic carbocycles. The van der Waals surface area contributed by atoms with E-state index in [0.29, 0.717) is 6.10 Å². The number of aliphatic hydroxyl groups is 2. The van der Waals surface area contributed by atoms with Gasteiger partial charge in [-0.15, -0.1) is 0 Å². The Labute approximate surface area is 120 Å². The molecule has 0 bridgehead atoms. The Bertz CT molecular complexity index is 436. The highest BCUT2D eigenvalue weighted by Gasteiger charge is 2.29. The molecule has 110 valence electrons. The molecule has 0 saturated heterocycles. The highest BCUT2D eigenvalue weighted by atomic mass is 16.5. The van der Waals surface area contributed by atoms with Gasteiger partial charge in [0.2, 0.25) is 0 Å². The summed E-state index contributed by atoms with van der Waals surface area (Å²) in [6.45, 7) is 0. The van der Waals surface area contributed by atoms with Gasteiger partial charge < -0.3 is 14.9 Å². The molecule has 2 N–H and O–H groups in total. The van der Waals surface area contributed by atoms with Gasteiger partial charge >= 0.3 is 0 Å². The summed E-state index contributed by atoms with van der Waals surface area (Å²) in [5.74, 6) is 1.03. The molecule has 3 rings (SSSR count). The van der Waals surface area contributed by atoms with Crippen LogP contribution in [0.2, 0.25) is 0 Å². The van der Waals surface area contributed by atoms with Gasteiger partial charge in [0.25, 0.3) is 0 Å². The second-order valence-electron chi connectivity index (χ2n) is 6.22. The number of rotatable bonds is 5. The molecule has 2 unspecified atom stereocenters. The van der Waals surface area contributed by atoms with Crippen molar-refractivity contribution in [2.24, 2.45) is 5.92 Å². The summed E-state index contributed by atoms with van der Waals surface area (Å²) in [5.41, 5.74) is 0.765. The zero-order valence-corrected chi connectivity index (χ0v) is 11.9. The van der Waals surface area contributed by atoms with E-state index in [1.54, 1.807) is 0 Å². The minimum Gasteiger partial charge on any atom is -0.490 e. The van der Waals surface area contributed by atoms with E-state index in [2.05, 4.69) is 0 Å². The first-order valence-corrected chi connectivity index (χ1v) is 7.87. The highest BCUT2D eigenvalue weighted by Crippen LogP contribution is 2.34. The number of aliphatic hydroxyl groups excluding tert-OH is 2. The Kier molecular flexibility index (Phi) is 4.27. The Balaban J connectivity index is 1.66. The van der Waals surface area contributed by atoms with Gasteiger partial charge in [-0.05, 0) is 49.3 Å². The first-order valence-electron chi connectivity index (χ1n) is 7.87. The van der Waals surface area contributed by atoms with Crippen molar-refractivity contribution in [2.75, 3.05) is 0 Å². The highest BCUT2D eigenvalue weighted by molar-refractivity contribution is 5.31. The van der Waals surface area contributed by atoms with Gasteiger partial charge in [0.05, 0.1) is 12.2 Å². The molecule has 1 aromatic carbocycles. The Morgan fingerprint density at radius 1 is 1.00 bits per heavy atom. The quantitative estimate of drug-likeness (QED) is 0.868. The Hall–Kier alpha value is -1.06. The van der Waals surface area contributed by atoms with Gasteiger partial charge in [-0.25, -0.2) is 0 Å². The predicted octanol–water partition coefficient (Wildman–Crippen LogP) is 3.20. The van der Waals surface area contributed by atoms with Crippen molar-refractivity contribution in [1.29, 1.82) is 0 Å². The molecule has 1 aromatic rings. The summed E-state index contributed by atoms with van der Waals surface area (Å²) < 4.78 is 5.75. The normalized spacial score (nSPS) is 23.3. The first-order chi connectivity index (χ1) is 9.74. The predicted molar refractivity (Wildman–Crippen MR) is 77.6 cm³/mol. The first kappa shape index (κ1) is 13.9. The molecule has 20 heavy (non-hydrogen) atoms. The summed E-state index contributed by atoms with van der Waals surface area (Å²) in [7, 11) is 0. The van der Waals surface area contributed by atoms with E-state index in [1.807, 2.05) is 24.3 Å². The molecule has 3 nitrogen and oxygen atoms in total. The lowest BCUT2D eigenvalue weighted by Gasteiger charge is -2.30. The van der Waals surface area contributed by atoms with Gasteiger partial charge in [0.1, 0.15) is 11.9 Å². The number of hydrogen-bond donors (Lipinski definition) is 2. The van der Waals surface area contributed by atoms with Crippen molar-refractivity contribution in [3.05, 3.63) is 29.8 Å². The van der Waals surface area contributed by atoms with Crippen LogP contribution in [0.4, 0.5) is 0 Å². The fourth-order valence-electron chi connectivity index (χ4n) is 3.08. The Morgan fingerprint density at radius 2 is 1.75 bits per heavy atom. The van der Waals surface area contributed by atoms with E-state index in [1.165, 1.54) is 19.3 Å². The van der Waals surface area contributed by atoms with Crippen molar-refractivity contribution in [1.82, 2.24) is 0 Å². The van der Waals surface area contributed by atoms with E-state index < -0.39 is 12.2 Å². The van der Waals surface area contributed by atoms with Crippen LogP contribution in [0.25, 0.3) is 0 Å². The van der Waals surface area contributed by atoms with Crippen molar-refractivity contribution in [3.63, 3.8) is 0 Å². The third-order valence-corrected chi connectivity index (χ3v) is 4.48. The van der Waals surface area contributed by atoms with Crippen LogP contribution in [-0.2, 0) is 0 Å². The third-order valence-electron chi connectivity index (χ3n) is 4.48. The number of hydrogen-bond acceptors (Lipinski definition) is 3. The lowest BCUT2D eigenvalue weighted by atomic mass is 9.82. The zero-order chi connectivity index (χ0) is 13.9. The standard InChI is InChI=1S/C17H24O3/c18-16(12-5-2-1-3-6-12)17(19)13-7-4-8-15(11-13)20-14-9-10-14/h4,7-8,11-12,14,16-19H,1-3,5-6,9-10H2. The molecule has 0 aliphatic heterocycles. The van der Waals surface area contributed by atoms with Crippen LogP contribution in [0.3, 0.4) is 0 Å². The number of ether oxygens (including phenoxy) is 1. The molecule has 0 aromatic heterocycles. The van der Waals surface area contributed by atoms with Gasteiger partial charge in [-0.1, -0.05) is 31.4 Å². The minimum atomic E-state index is -0.805. The van der Waals surface area contributed by atoms with Crippen LogP contribution in [0, 0.1) is 5.92 Å². The van der Waals surface area contributed by atoms with E-state index >= 15 is 0 Å². The second kappa shape index (κ2) is 6.15. The second-order valence-corrected chi connectivity index (χ2v) is 6.22. The van der Waals surface area contributed by atoms with Gasteiger partial charge in [0, 0.05) is 0 Å². The van der Waals surface area contributed by atoms with Crippen LogP contribution >= 0.6 is 0 Å². The van der Waals surface area contributed by atoms with Crippen molar-refractivity contribution < 1.29 is 14.9 Å². The SMILES string of the molecule is OC(c1cccc(OC2CC2)c1)C(O)C1CCCCC1. The van der Waals surface area contributed by atoms with Gasteiger partial charge in [-0.2, -0.15) is 0 Å². The molecular formula is C17H24O3. The largest absolute Gasteiger partial charge is 0.490 e. The van der Waals surface area contributed by atoms with Crippen molar-refractivity contribution in [2.45, 2.75) is 63.3 Å². The summed E-state index contributed by atoms with van der Waals surface area (Å²) >= 11 is 0. The average molecular weight is 276 g/mol. The summed E-state index contributed by atoms with van der Waals surface area (Å²) in [4.78, 5) is 0. The van der Waals surface area contributed by atoms with E-state index in [4.69, 9.17) is 4.74 Å². The maximum atomic E-state index is 10.4. The molecule has 2 saturated carbocycles. The van der Waals surface area contributed by atoms with Crippen LogP contribution < -0.4 is 4.74 Å². The molecule has 0 heterocycles. The molecule has 2 atom stereocenters.